The van der Waals surface area contributed by atoms with E-state index < -0.39 is 22.0 Å². The summed E-state index contributed by atoms with van der Waals surface area (Å²) >= 11 is 12.6. The van der Waals surface area contributed by atoms with Crippen molar-refractivity contribution in [3.8, 4) is 11.5 Å². The van der Waals surface area contributed by atoms with E-state index in [0.717, 1.165) is 16.8 Å². The number of halogens is 2. The average molecular weight is 524 g/mol. The van der Waals surface area contributed by atoms with Crippen LogP contribution in [-0.4, -0.2) is 40.6 Å². The maximum Gasteiger partial charge on any atom is 0.325 e. The predicted molar refractivity (Wildman–Crippen MR) is 128 cm³/mol. The monoisotopic (exact) mass is 523 g/mol. The summed E-state index contributed by atoms with van der Waals surface area (Å²) in [4.78, 5) is 11.1. The molecule has 1 aliphatic carbocycles. The van der Waals surface area contributed by atoms with Crippen molar-refractivity contribution >= 4 is 39.2 Å². The lowest BCUT2D eigenvalue weighted by atomic mass is 9.93. The molecule has 1 heterocycles. The van der Waals surface area contributed by atoms with Crippen LogP contribution in [0.4, 0.5) is 0 Å². The zero-order valence-electron chi connectivity index (χ0n) is 18.5. The first-order chi connectivity index (χ1) is 16.1. The van der Waals surface area contributed by atoms with E-state index in [4.69, 9.17) is 33.0 Å². The fraction of sp³-hybridized carbons (Fsp3) is 0.304. The molecule has 0 fully saturated rings. The van der Waals surface area contributed by atoms with Gasteiger partial charge in [0.25, 0.3) is 0 Å². The van der Waals surface area contributed by atoms with E-state index in [2.05, 4.69) is 5.10 Å². The summed E-state index contributed by atoms with van der Waals surface area (Å²) in [5.41, 5.74) is 2.42. The fourth-order valence-electron chi connectivity index (χ4n) is 4.10. The minimum absolute atomic E-state index is 0.0211. The highest BCUT2D eigenvalue weighted by atomic mass is 35.5. The van der Waals surface area contributed by atoms with E-state index in [1.165, 1.54) is 34.2 Å². The molecule has 11 heteroatoms. The molecule has 0 bridgehead atoms. The molecule has 1 N–H and O–H groups in total. The van der Waals surface area contributed by atoms with Crippen LogP contribution in [0, 0.1) is 6.92 Å². The van der Waals surface area contributed by atoms with Gasteiger partial charge in [0.2, 0.25) is 10.0 Å². The van der Waals surface area contributed by atoms with Crippen LogP contribution in [-0.2, 0) is 27.8 Å². The van der Waals surface area contributed by atoms with Crippen LogP contribution < -0.4 is 4.74 Å². The normalized spacial score (nSPS) is 15.9. The Morgan fingerprint density at radius 3 is 2.68 bits per heavy atom. The van der Waals surface area contributed by atoms with Gasteiger partial charge in [-0.2, -0.15) is 9.40 Å². The molecule has 0 spiro atoms. The summed E-state index contributed by atoms with van der Waals surface area (Å²) in [7, 11) is -2.40. The SMILES string of the molecule is Cc1ccc(Cl)c(Oc2ccc(S(=O)(=O)N(C)C3CCCc4c3cnn4CC(=O)O)cc2Cl)c1. The number of aromatic nitrogens is 2. The number of nitrogens with zero attached hydrogens (tertiary/aromatic N) is 3. The molecule has 0 saturated heterocycles. The van der Waals surface area contributed by atoms with Crippen LogP contribution in [0.2, 0.25) is 10.0 Å². The number of fused-ring (bicyclic) bond motifs is 1. The third kappa shape index (κ3) is 4.79. The molecule has 3 aromatic rings. The number of carbonyl (C=O) groups is 1. The molecular weight excluding hydrogens is 501 g/mol. The summed E-state index contributed by atoms with van der Waals surface area (Å²) in [5, 5.41) is 13.8. The lowest BCUT2D eigenvalue weighted by Crippen LogP contribution is -2.33. The van der Waals surface area contributed by atoms with Gasteiger partial charge in [-0.25, -0.2) is 8.42 Å². The number of hydrogen-bond donors (Lipinski definition) is 1. The highest BCUT2D eigenvalue weighted by Crippen LogP contribution is 2.39. The summed E-state index contributed by atoms with van der Waals surface area (Å²) in [6.45, 7) is 1.64. The lowest BCUT2D eigenvalue weighted by Gasteiger charge is -2.31. The van der Waals surface area contributed by atoms with Crippen molar-refractivity contribution in [1.82, 2.24) is 14.1 Å². The number of carboxylic acids is 1. The number of aryl methyl sites for hydroxylation is 1. The molecule has 180 valence electrons. The average Bonchev–Trinajstić information content (AvgIpc) is 3.19. The number of aliphatic carboxylic acids is 1. The molecule has 4 rings (SSSR count). The van der Waals surface area contributed by atoms with Gasteiger partial charge in [-0.05, 0) is 62.1 Å². The van der Waals surface area contributed by atoms with E-state index in [-0.39, 0.29) is 22.2 Å². The van der Waals surface area contributed by atoms with Crippen LogP contribution >= 0.6 is 23.2 Å². The lowest BCUT2D eigenvalue weighted by molar-refractivity contribution is -0.137. The second-order valence-electron chi connectivity index (χ2n) is 8.16. The van der Waals surface area contributed by atoms with Crippen LogP contribution in [0.1, 0.15) is 35.7 Å². The van der Waals surface area contributed by atoms with Crippen molar-refractivity contribution in [3.63, 3.8) is 0 Å². The first kappa shape index (κ1) is 24.5. The highest BCUT2D eigenvalue weighted by Gasteiger charge is 2.34. The third-order valence-electron chi connectivity index (χ3n) is 5.84. The largest absolute Gasteiger partial charge is 0.480 e. The van der Waals surface area contributed by atoms with Crippen molar-refractivity contribution in [2.45, 2.75) is 43.7 Å². The number of hydrogen-bond acceptors (Lipinski definition) is 5. The van der Waals surface area contributed by atoms with E-state index in [1.54, 1.807) is 18.3 Å². The van der Waals surface area contributed by atoms with Crippen molar-refractivity contribution in [2.75, 3.05) is 7.05 Å². The van der Waals surface area contributed by atoms with Crippen LogP contribution in [0.25, 0.3) is 0 Å². The Hall–Kier alpha value is -2.59. The second kappa shape index (κ2) is 9.58. The molecule has 1 aromatic heterocycles. The molecule has 1 atom stereocenters. The zero-order valence-corrected chi connectivity index (χ0v) is 20.9. The summed E-state index contributed by atoms with van der Waals surface area (Å²) in [6.07, 6.45) is 3.52. The second-order valence-corrected chi connectivity index (χ2v) is 11.0. The van der Waals surface area contributed by atoms with E-state index >= 15 is 0 Å². The Morgan fingerprint density at radius 1 is 1.21 bits per heavy atom. The molecule has 8 nitrogen and oxygen atoms in total. The Bertz CT molecular complexity index is 1360. The van der Waals surface area contributed by atoms with Crippen LogP contribution in [0.3, 0.4) is 0 Å². The maximum atomic E-state index is 13.4. The summed E-state index contributed by atoms with van der Waals surface area (Å²) in [5.74, 6) is -0.298. The smallest absolute Gasteiger partial charge is 0.325 e. The fourth-order valence-corrected chi connectivity index (χ4v) is 5.94. The zero-order chi connectivity index (χ0) is 24.6. The predicted octanol–water partition coefficient (Wildman–Crippen LogP) is 5.07. The Kier molecular flexibility index (Phi) is 6.91. The van der Waals surface area contributed by atoms with Gasteiger partial charge in [0.05, 0.1) is 27.2 Å². The Balaban J connectivity index is 1.60. The maximum absolute atomic E-state index is 13.4. The molecule has 1 aliphatic rings. The van der Waals surface area contributed by atoms with Gasteiger partial charge in [0, 0.05) is 18.3 Å². The molecule has 1 unspecified atom stereocenters. The van der Waals surface area contributed by atoms with E-state index in [9.17, 15) is 13.2 Å². The standard InChI is InChI=1S/C23H23Cl2N3O5S/c1-14-6-8-17(24)22(10-14)33-21-9-7-15(11-18(21)25)34(31,32)27(2)19-4-3-5-20-16(19)12-26-28(20)13-23(29)30/h6-12,19H,3-5,13H2,1-2H3,(H,29,30). The molecule has 0 radical (unpaired) electrons. The Morgan fingerprint density at radius 2 is 1.97 bits per heavy atom. The van der Waals surface area contributed by atoms with Gasteiger partial charge in [-0.1, -0.05) is 29.3 Å². The first-order valence-electron chi connectivity index (χ1n) is 10.6. The minimum atomic E-state index is -3.91. The topological polar surface area (TPSA) is 102 Å². The summed E-state index contributed by atoms with van der Waals surface area (Å²) < 4.78 is 35.4. The molecule has 0 saturated carbocycles. The minimum Gasteiger partial charge on any atom is -0.480 e. The van der Waals surface area contributed by atoms with Crippen LogP contribution in [0.5, 0.6) is 11.5 Å². The Labute approximate surface area is 207 Å². The molecule has 2 aromatic carbocycles. The number of carboxylic acid groups (broad SMARTS) is 1. The van der Waals surface area contributed by atoms with Gasteiger partial charge in [-0.15, -0.1) is 0 Å². The number of ether oxygens (including phenoxy) is 1. The van der Waals surface area contributed by atoms with Crippen molar-refractivity contribution in [3.05, 3.63) is 69.5 Å². The molecular formula is C23H23Cl2N3O5S. The molecule has 34 heavy (non-hydrogen) atoms. The number of benzene rings is 2. The van der Waals surface area contributed by atoms with Crippen LogP contribution in [0.15, 0.2) is 47.5 Å². The van der Waals surface area contributed by atoms with Gasteiger partial charge in [0.1, 0.15) is 18.0 Å². The van der Waals surface area contributed by atoms with Crippen molar-refractivity contribution in [1.29, 1.82) is 0 Å². The van der Waals surface area contributed by atoms with Crippen molar-refractivity contribution in [2.24, 2.45) is 0 Å². The number of sulfonamides is 1. The van der Waals surface area contributed by atoms with Gasteiger partial charge in [-0.3, -0.25) is 9.48 Å². The van der Waals surface area contributed by atoms with E-state index in [0.29, 0.717) is 30.0 Å². The number of rotatable bonds is 7. The third-order valence-corrected chi connectivity index (χ3v) is 8.31. The highest BCUT2D eigenvalue weighted by molar-refractivity contribution is 7.89. The summed E-state index contributed by atoms with van der Waals surface area (Å²) in [6, 6.07) is 9.16. The quantitative estimate of drug-likeness (QED) is 0.463. The van der Waals surface area contributed by atoms with Gasteiger partial charge >= 0.3 is 5.97 Å². The molecule has 0 amide bonds. The van der Waals surface area contributed by atoms with E-state index in [1.807, 2.05) is 13.0 Å². The van der Waals surface area contributed by atoms with Gasteiger partial charge in [0.15, 0.2) is 0 Å². The first-order valence-corrected chi connectivity index (χ1v) is 12.8. The van der Waals surface area contributed by atoms with Gasteiger partial charge < -0.3 is 9.84 Å². The van der Waals surface area contributed by atoms with Crippen molar-refractivity contribution < 1.29 is 23.1 Å². The molecule has 0 aliphatic heterocycles.